The topological polar surface area (TPSA) is 58.7 Å². The summed E-state index contributed by atoms with van der Waals surface area (Å²) >= 11 is 0. The molecule has 3 N–H and O–H groups in total. The van der Waals surface area contributed by atoms with Gasteiger partial charge in [-0.15, -0.1) is 0 Å². The molecule has 2 fully saturated rings. The summed E-state index contributed by atoms with van der Waals surface area (Å²) in [5.41, 5.74) is 5.51. The van der Waals surface area contributed by atoms with Gasteiger partial charge in [0, 0.05) is 25.7 Å². The van der Waals surface area contributed by atoms with Gasteiger partial charge in [0.25, 0.3) is 0 Å². The smallest absolute Gasteiger partial charge is 0.0824 e. The number of morpholine rings is 1. The van der Waals surface area contributed by atoms with E-state index >= 15 is 0 Å². The number of nitrogens with zero attached hydrogens (tertiary/aromatic N) is 1. The highest BCUT2D eigenvalue weighted by Crippen LogP contribution is 2.22. The zero-order chi connectivity index (χ0) is 8.55. The van der Waals surface area contributed by atoms with Crippen molar-refractivity contribution in [2.24, 2.45) is 5.73 Å². The maximum atomic E-state index is 9.39. The van der Waals surface area contributed by atoms with E-state index in [1.165, 1.54) is 0 Å². The molecule has 0 amide bonds. The second-order valence-electron chi connectivity index (χ2n) is 3.69. The average Bonchev–Trinajstić information content (AvgIpc) is 2.43. The predicted octanol–water partition coefficient (Wildman–Crippen LogP) is -1.22. The lowest BCUT2D eigenvalue weighted by molar-refractivity contribution is -0.0435. The fraction of sp³-hybridized carbons (Fsp3) is 1.00. The highest BCUT2D eigenvalue weighted by atomic mass is 16.5. The minimum atomic E-state index is -0.157. The van der Waals surface area contributed by atoms with E-state index in [9.17, 15) is 5.11 Å². The van der Waals surface area contributed by atoms with E-state index in [1.54, 1.807) is 0 Å². The molecule has 70 valence electrons. The molecule has 4 nitrogen and oxygen atoms in total. The van der Waals surface area contributed by atoms with Crippen molar-refractivity contribution in [2.45, 2.75) is 24.7 Å². The quantitative estimate of drug-likeness (QED) is 0.520. The molecule has 2 heterocycles. The van der Waals surface area contributed by atoms with E-state index in [0.717, 1.165) is 26.1 Å². The first kappa shape index (κ1) is 8.44. The molecule has 2 rings (SSSR count). The molecule has 3 unspecified atom stereocenters. The van der Waals surface area contributed by atoms with Gasteiger partial charge in [0.2, 0.25) is 0 Å². The summed E-state index contributed by atoms with van der Waals surface area (Å²) in [7, 11) is 0. The molecule has 12 heavy (non-hydrogen) atoms. The van der Waals surface area contributed by atoms with Crippen LogP contribution in [-0.4, -0.2) is 54.5 Å². The van der Waals surface area contributed by atoms with E-state index in [2.05, 4.69) is 4.90 Å². The molecule has 0 spiro atoms. The van der Waals surface area contributed by atoms with Gasteiger partial charge in [-0.2, -0.15) is 0 Å². The molecule has 4 heteroatoms. The zero-order valence-electron chi connectivity index (χ0n) is 7.15. The SMILES string of the molecule is NCC1CN2CC(O)CC2CO1. The highest BCUT2D eigenvalue weighted by Gasteiger charge is 2.35. The van der Waals surface area contributed by atoms with Crippen molar-refractivity contribution in [3.63, 3.8) is 0 Å². The van der Waals surface area contributed by atoms with Crippen molar-refractivity contribution < 1.29 is 9.84 Å². The Morgan fingerprint density at radius 3 is 3.08 bits per heavy atom. The van der Waals surface area contributed by atoms with Crippen LogP contribution >= 0.6 is 0 Å². The van der Waals surface area contributed by atoms with Crippen LogP contribution in [-0.2, 0) is 4.74 Å². The van der Waals surface area contributed by atoms with Crippen LogP contribution < -0.4 is 5.73 Å². The van der Waals surface area contributed by atoms with Crippen molar-refractivity contribution in [1.82, 2.24) is 4.90 Å². The van der Waals surface area contributed by atoms with Crippen molar-refractivity contribution in [1.29, 1.82) is 0 Å². The maximum Gasteiger partial charge on any atom is 0.0824 e. The summed E-state index contributed by atoms with van der Waals surface area (Å²) in [5, 5.41) is 9.39. The van der Waals surface area contributed by atoms with Crippen molar-refractivity contribution in [3.05, 3.63) is 0 Å². The number of ether oxygens (including phenoxy) is 1. The lowest BCUT2D eigenvalue weighted by Crippen LogP contribution is -2.48. The lowest BCUT2D eigenvalue weighted by Gasteiger charge is -2.34. The maximum absolute atomic E-state index is 9.39. The molecule has 0 bridgehead atoms. The van der Waals surface area contributed by atoms with E-state index in [1.807, 2.05) is 0 Å². The summed E-state index contributed by atoms with van der Waals surface area (Å²) in [6.07, 6.45) is 0.874. The second-order valence-corrected chi connectivity index (χ2v) is 3.69. The van der Waals surface area contributed by atoms with E-state index in [4.69, 9.17) is 10.5 Å². The van der Waals surface area contributed by atoms with Crippen LogP contribution in [0.1, 0.15) is 6.42 Å². The minimum Gasteiger partial charge on any atom is -0.392 e. The Kier molecular flexibility index (Phi) is 2.32. The molecule has 0 radical (unpaired) electrons. The van der Waals surface area contributed by atoms with Crippen LogP contribution in [0, 0.1) is 0 Å². The van der Waals surface area contributed by atoms with Crippen molar-refractivity contribution in [3.8, 4) is 0 Å². The Hall–Kier alpha value is -0.160. The Morgan fingerprint density at radius 1 is 1.50 bits per heavy atom. The van der Waals surface area contributed by atoms with E-state index < -0.39 is 0 Å². The normalized spacial score (nSPS) is 43.0. The van der Waals surface area contributed by atoms with E-state index in [-0.39, 0.29) is 12.2 Å². The molecular formula is C8H16N2O2. The molecule has 2 aliphatic rings. The largest absolute Gasteiger partial charge is 0.392 e. The fourth-order valence-electron chi connectivity index (χ4n) is 2.06. The van der Waals surface area contributed by atoms with Gasteiger partial charge in [0.15, 0.2) is 0 Å². The first-order valence-electron chi connectivity index (χ1n) is 4.53. The van der Waals surface area contributed by atoms with Crippen LogP contribution in [0.4, 0.5) is 0 Å². The Morgan fingerprint density at radius 2 is 2.33 bits per heavy atom. The molecule has 0 aromatic carbocycles. The fourth-order valence-corrected chi connectivity index (χ4v) is 2.06. The van der Waals surface area contributed by atoms with Gasteiger partial charge in [-0.3, -0.25) is 4.90 Å². The first-order valence-corrected chi connectivity index (χ1v) is 4.53. The van der Waals surface area contributed by atoms with Gasteiger partial charge >= 0.3 is 0 Å². The molecule has 2 aliphatic heterocycles. The molecule has 3 atom stereocenters. The molecular weight excluding hydrogens is 156 g/mol. The number of aliphatic hydroxyl groups excluding tert-OH is 1. The Balaban J connectivity index is 1.93. The number of aliphatic hydroxyl groups is 1. The van der Waals surface area contributed by atoms with Crippen LogP contribution in [0.5, 0.6) is 0 Å². The summed E-state index contributed by atoms with van der Waals surface area (Å²) in [4.78, 5) is 2.28. The summed E-state index contributed by atoms with van der Waals surface area (Å²) in [6.45, 7) is 3.00. The van der Waals surface area contributed by atoms with Gasteiger partial charge < -0.3 is 15.6 Å². The van der Waals surface area contributed by atoms with Crippen LogP contribution in [0.25, 0.3) is 0 Å². The standard InChI is InChI=1S/C8H16N2O2/c9-2-8-4-10-3-7(11)1-6(10)5-12-8/h6-8,11H,1-5,9H2. The van der Waals surface area contributed by atoms with Crippen molar-refractivity contribution in [2.75, 3.05) is 26.2 Å². The first-order chi connectivity index (χ1) is 5.79. The summed E-state index contributed by atoms with van der Waals surface area (Å²) < 4.78 is 5.51. The second kappa shape index (κ2) is 3.30. The van der Waals surface area contributed by atoms with Crippen molar-refractivity contribution >= 4 is 0 Å². The zero-order valence-corrected chi connectivity index (χ0v) is 7.15. The number of hydrogen-bond donors (Lipinski definition) is 2. The number of rotatable bonds is 1. The van der Waals surface area contributed by atoms with Gasteiger partial charge in [0.1, 0.15) is 0 Å². The van der Waals surface area contributed by atoms with E-state index in [0.29, 0.717) is 12.6 Å². The number of nitrogens with two attached hydrogens (primary N) is 1. The molecule has 0 saturated carbocycles. The number of fused-ring (bicyclic) bond motifs is 1. The lowest BCUT2D eigenvalue weighted by atomic mass is 10.2. The van der Waals surface area contributed by atoms with Gasteiger partial charge in [-0.05, 0) is 6.42 Å². The molecule has 0 aromatic rings. The van der Waals surface area contributed by atoms with Gasteiger partial charge in [-0.1, -0.05) is 0 Å². The highest BCUT2D eigenvalue weighted by molar-refractivity contribution is 4.89. The molecule has 2 saturated heterocycles. The monoisotopic (exact) mass is 172 g/mol. The predicted molar refractivity (Wildman–Crippen MR) is 44.8 cm³/mol. The minimum absolute atomic E-state index is 0.157. The Bertz CT molecular complexity index is 165. The van der Waals surface area contributed by atoms with Crippen LogP contribution in [0.15, 0.2) is 0 Å². The van der Waals surface area contributed by atoms with Gasteiger partial charge in [0.05, 0.1) is 18.8 Å². The van der Waals surface area contributed by atoms with Crippen LogP contribution in [0.2, 0.25) is 0 Å². The third-order valence-corrected chi connectivity index (χ3v) is 2.73. The summed E-state index contributed by atoms with van der Waals surface area (Å²) in [5.74, 6) is 0. The average molecular weight is 172 g/mol. The third kappa shape index (κ3) is 1.47. The number of hydrogen-bond acceptors (Lipinski definition) is 4. The third-order valence-electron chi connectivity index (χ3n) is 2.73. The summed E-state index contributed by atoms with van der Waals surface area (Å²) in [6, 6.07) is 0.433. The van der Waals surface area contributed by atoms with Gasteiger partial charge in [-0.25, -0.2) is 0 Å². The molecule has 0 aromatic heterocycles. The Labute approximate surface area is 72.3 Å². The molecule has 0 aliphatic carbocycles. The van der Waals surface area contributed by atoms with Crippen LogP contribution in [0.3, 0.4) is 0 Å².